The third kappa shape index (κ3) is 49.5. The molecule has 1 heterocycles. The Morgan fingerprint density at radius 3 is 1.05 bits per heavy atom. The van der Waals surface area contributed by atoms with Crippen molar-refractivity contribution in [2.45, 2.75) is 403 Å². The van der Waals surface area contributed by atoms with Crippen LogP contribution < -0.4 is 5.32 Å². The molecule has 11 nitrogen and oxygen atoms in total. The Kier molecular flexibility index (Phi) is 59.4. The molecule has 0 aromatic heterocycles. The highest BCUT2D eigenvalue weighted by Gasteiger charge is 2.44. The van der Waals surface area contributed by atoms with Crippen LogP contribution in [0.2, 0.25) is 0 Å². The quantitative estimate of drug-likeness (QED) is 0.0215. The topological polar surface area (TPSA) is 189 Å². The maximum Gasteiger partial charge on any atom is 0.249 e. The average molecular weight is 1200 g/mol. The van der Waals surface area contributed by atoms with Gasteiger partial charge in [-0.3, -0.25) is 4.79 Å². The smallest absolute Gasteiger partial charge is 0.249 e. The fraction of sp³-hybridized carbons (Fsp3) is 0.878. The molecule has 0 aromatic carbocycles. The fourth-order valence-electron chi connectivity index (χ4n) is 11.7. The van der Waals surface area contributed by atoms with Gasteiger partial charge in [0.05, 0.1) is 25.4 Å². The van der Waals surface area contributed by atoms with Crippen molar-refractivity contribution in [3.8, 4) is 0 Å². The molecule has 0 aliphatic carbocycles. The molecule has 1 amide bonds. The van der Waals surface area contributed by atoms with Crippen LogP contribution in [0.15, 0.2) is 48.6 Å². The van der Waals surface area contributed by atoms with Crippen LogP contribution in [-0.4, -0.2) is 110 Å². The molecule has 85 heavy (non-hydrogen) atoms. The molecule has 1 saturated heterocycles. The summed E-state index contributed by atoms with van der Waals surface area (Å²) in [7, 11) is 0. The van der Waals surface area contributed by atoms with E-state index in [0.29, 0.717) is 19.3 Å². The monoisotopic (exact) mass is 1200 g/mol. The van der Waals surface area contributed by atoms with E-state index in [9.17, 15) is 40.5 Å². The molecule has 500 valence electrons. The summed E-state index contributed by atoms with van der Waals surface area (Å²) in [6.07, 6.45) is 70.7. The number of hydrogen-bond donors (Lipinski definition) is 8. The molecule has 9 unspecified atom stereocenters. The minimum Gasteiger partial charge on any atom is -0.394 e. The number of carbonyl (C=O) groups excluding carboxylic acids is 1. The molecular weight excluding hydrogens is 1060 g/mol. The van der Waals surface area contributed by atoms with E-state index in [2.05, 4.69) is 67.8 Å². The third-order valence-corrected chi connectivity index (χ3v) is 17.6. The van der Waals surface area contributed by atoms with Crippen molar-refractivity contribution in [3.63, 3.8) is 0 Å². The van der Waals surface area contributed by atoms with Crippen LogP contribution in [0.25, 0.3) is 0 Å². The lowest BCUT2D eigenvalue weighted by Gasteiger charge is -2.40. The Hall–Kier alpha value is -1.93. The van der Waals surface area contributed by atoms with Crippen LogP contribution in [0.3, 0.4) is 0 Å². The number of unbranched alkanes of at least 4 members (excludes halogenated alkanes) is 44. The summed E-state index contributed by atoms with van der Waals surface area (Å²) in [4.78, 5) is 13.3. The number of aliphatic hydroxyl groups is 7. The van der Waals surface area contributed by atoms with E-state index < -0.39 is 74.2 Å². The molecule has 1 aliphatic rings. The summed E-state index contributed by atoms with van der Waals surface area (Å²) in [5.74, 6) is -0.708. The molecule has 1 fully saturated rings. The van der Waals surface area contributed by atoms with E-state index in [0.717, 1.165) is 44.9 Å². The number of allylic oxidation sites excluding steroid dienone is 8. The van der Waals surface area contributed by atoms with Crippen molar-refractivity contribution in [3.05, 3.63) is 48.6 Å². The molecule has 0 spiro atoms. The van der Waals surface area contributed by atoms with Gasteiger partial charge in [0.2, 0.25) is 5.91 Å². The molecule has 9 atom stereocenters. The van der Waals surface area contributed by atoms with Gasteiger partial charge in [-0.25, -0.2) is 0 Å². The van der Waals surface area contributed by atoms with E-state index in [4.69, 9.17) is 9.47 Å². The number of carbonyl (C=O) groups is 1. The number of ether oxygens (including phenoxy) is 2. The lowest BCUT2D eigenvalue weighted by Crippen LogP contribution is -2.60. The zero-order valence-corrected chi connectivity index (χ0v) is 55.4. The Morgan fingerprint density at radius 1 is 0.400 bits per heavy atom. The lowest BCUT2D eigenvalue weighted by molar-refractivity contribution is -0.303. The first-order valence-electron chi connectivity index (χ1n) is 36.5. The normalized spacial score (nSPS) is 19.1. The molecule has 0 bridgehead atoms. The Balaban J connectivity index is 2.19. The van der Waals surface area contributed by atoms with Crippen LogP contribution in [0.4, 0.5) is 0 Å². The second-order valence-corrected chi connectivity index (χ2v) is 25.6. The van der Waals surface area contributed by atoms with Crippen LogP contribution in [-0.2, 0) is 14.3 Å². The fourth-order valence-corrected chi connectivity index (χ4v) is 11.7. The van der Waals surface area contributed by atoms with E-state index in [1.807, 2.05) is 0 Å². The second-order valence-electron chi connectivity index (χ2n) is 25.6. The Labute approximate surface area is 523 Å². The van der Waals surface area contributed by atoms with Gasteiger partial charge in [0, 0.05) is 0 Å². The van der Waals surface area contributed by atoms with Crippen LogP contribution >= 0.6 is 0 Å². The van der Waals surface area contributed by atoms with E-state index in [1.54, 1.807) is 0 Å². The number of rotatable bonds is 64. The van der Waals surface area contributed by atoms with Gasteiger partial charge >= 0.3 is 0 Å². The molecule has 11 heteroatoms. The van der Waals surface area contributed by atoms with Crippen molar-refractivity contribution < 1.29 is 50.0 Å². The largest absolute Gasteiger partial charge is 0.394 e. The van der Waals surface area contributed by atoms with Gasteiger partial charge in [-0.2, -0.15) is 0 Å². The number of nitrogens with one attached hydrogen (secondary N) is 1. The summed E-state index contributed by atoms with van der Waals surface area (Å²) in [5, 5.41) is 76.5. The third-order valence-electron chi connectivity index (χ3n) is 17.6. The standard InChI is InChI=1S/C74H139NO10/c1-3-5-7-9-11-13-15-17-19-21-23-25-27-29-30-31-32-33-34-35-36-37-38-40-42-44-46-48-50-52-54-56-58-60-62-67(78)73(83)75-65(64-84-74-72(82)71(81)70(80)68(63-76)85-74)69(79)66(77)61-59-57-55-53-51-49-47-45-43-41-39-28-26-24-22-20-18-16-14-12-10-8-6-4-2/h28,31-32,39,45,47,53,55,65-72,74,76-82H,3-27,29-30,33-38,40-44,46,48-52,54,56-64H2,1-2H3,(H,75,83)/b32-31-,39-28+,47-45+,55-53+. The van der Waals surface area contributed by atoms with Crippen molar-refractivity contribution in [2.75, 3.05) is 13.2 Å². The van der Waals surface area contributed by atoms with Gasteiger partial charge < -0.3 is 50.5 Å². The Morgan fingerprint density at radius 2 is 0.706 bits per heavy atom. The first-order valence-corrected chi connectivity index (χ1v) is 36.5. The lowest BCUT2D eigenvalue weighted by atomic mass is 9.98. The van der Waals surface area contributed by atoms with Gasteiger partial charge in [0.25, 0.3) is 0 Å². The van der Waals surface area contributed by atoms with Gasteiger partial charge in [-0.05, 0) is 89.9 Å². The molecular formula is C74H139NO10. The first-order chi connectivity index (χ1) is 41.7. The summed E-state index contributed by atoms with van der Waals surface area (Å²) >= 11 is 0. The summed E-state index contributed by atoms with van der Waals surface area (Å²) in [6, 6.07) is -1.20. The number of hydrogen-bond acceptors (Lipinski definition) is 10. The van der Waals surface area contributed by atoms with Gasteiger partial charge in [-0.1, -0.05) is 306 Å². The second kappa shape index (κ2) is 62.3. The maximum absolute atomic E-state index is 13.3. The molecule has 0 saturated carbocycles. The van der Waals surface area contributed by atoms with E-state index >= 15 is 0 Å². The molecule has 1 aliphatic heterocycles. The number of aliphatic hydroxyl groups excluding tert-OH is 7. The highest BCUT2D eigenvalue weighted by molar-refractivity contribution is 5.80. The van der Waals surface area contributed by atoms with E-state index in [1.165, 1.54) is 257 Å². The summed E-state index contributed by atoms with van der Waals surface area (Å²) in [6.45, 7) is 3.48. The Bertz CT molecular complexity index is 1520. The molecule has 0 aromatic rings. The van der Waals surface area contributed by atoms with Gasteiger partial charge in [0.15, 0.2) is 6.29 Å². The van der Waals surface area contributed by atoms with Crippen molar-refractivity contribution in [1.82, 2.24) is 5.32 Å². The van der Waals surface area contributed by atoms with E-state index in [-0.39, 0.29) is 12.8 Å². The van der Waals surface area contributed by atoms with Crippen LogP contribution in [0, 0.1) is 0 Å². The van der Waals surface area contributed by atoms with Crippen LogP contribution in [0.1, 0.15) is 348 Å². The first kappa shape index (κ1) is 81.1. The van der Waals surface area contributed by atoms with Crippen molar-refractivity contribution in [2.24, 2.45) is 0 Å². The van der Waals surface area contributed by atoms with Crippen molar-refractivity contribution in [1.29, 1.82) is 0 Å². The summed E-state index contributed by atoms with van der Waals surface area (Å²) < 4.78 is 11.2. The number of amides is 1. The maximum atomic E-state index is 13.3. The SMILES string of the molecule is CCCCCCCCCCCCC/C=C/CC/C=C/CC/C=C/CCCC(O)C(O)C(COC1OC(CO)C(O)C(O)C1O)NC(=O)C(O)CCCCCCCCCCCCCCCCCC/C=C\CCCCCCCCCCCCCCCC. The summed E-state index contributed by atoms with van der Waals surface area (Å²) in [5.41, 5.74) is 0. The zero-order valence-electron chi connectivity index (χ0n) is 55.4. The molecule has 0 radical (unpaired) electrons. The highest BCUT2D eigenvalue weighted by Crippen LogP contribution is 2.24. The zero-order chi connectivity index (χ0) is 61.7. The predicted octanol–water partition coefficient (Wildman–Crippen LogP) is 17.9. The highest BCUT2D eigenvalue weighted by atomic mass is 16.7. The van der Waals surface area contributed by atoms with Crippen molar-refractivity contribution >= 4 is 5.91 Å². The molecule has 1 rings (SSSR count). The minimum absolute atomic E-state index is 0.242. The minimum atomic E-state index is -1.67. The van der Waals surface area contributed by atoms with Crippen LogP contribution in [0.5, 0.6) is 0 Å². The average Bonchev–Trinajstić information content (AvgIpc) is 3.51. The molecule has 8 N–H and O–H groups in total. The predicted molar refractivity (Wildman–Crippen MR) is 358 cm³/mol. The van der Waals surface area contributed by atoms with Gasteiger partial charge in [-0.15, -0.1) is 0 Å². The van der Waals surface area contributed by atoms with Gasteiger partial charge in [0.1, 0.15) is 36.6 Å².